The van der Waals surface area contributed by atoms with Crippen molar-refractivity contribution in [1.82, 2.24) is 0 Å². The Balaban J connectivity index is 1.65. The first-order valence-corrected chi connectivity index (χ1v) is 12.9. The second-order valence-corrected chi connectivity index (χ2v) is 12.4. The summed E-state index contributed by atoms with van der Waals surface area (Å²) in [5.41, 5.74) is -0.207. The number of aliphatic hydroxyl groups excluding tert-OH is 2. The Bertz CT molecular complexity index is 795. The number of fused-ring (bicyclic) bond motifs is 5. The molecule has 0 aromatic carbocycles. The van der Waals surface area contributed by atoms with Crippen LogP contribution in [0, 0.1) is 46.3 Å². The molecular formula is C28H44O4. The highest BCUT2D eigenvalue weighted by molar-refractivity contribution is 5.91. The van der Waals surface area contributed by atoms with E-state index in [2.05, 4.69) is 33.8 Å². The molecule has 9 atom stereocenters. The van der Waals surface area contributed by atoms with E-state index in [9.17, 15) is 20.1 Å². The fourth-order valence-electron chi connectivity index (χ4n) is 8.32. The molecule has 0 bridgehead atoms. The van der Waals surface area contributed by atoms with Crippen LogP contribution >= 0.6 is 0 Å². The predicted octanol–water partition coefficient (Wildman–Crippen LogP) is 4.68. The van der Waals surface area contributed by atoms with Crippen LogP contribution in [0.25, 0.3) is 0 Å². The molecular weight excluding hydrogens is 400 g/mol. The van der Waals surface area contributed by atoms with Gasteiger partial charge in [0.25, 0.3) is 0 Å². The summed E-state index contributed by atoms with van der Waals surface area (Å²) in [5, 5.41) is 33.7. The standard InChI is InChI=1S/C28H44O4/c1-17(2)18(3)8-12-27(5,32)25-24(31)15-23-21-7-6-19-14-20(30)9-11-26(19,4)22(21)10-13-28(23,25)16-29/h8,12,14,17-18,21-25,29,31-32H,6-7,9-11,13,15-16H2,1-5H3/b12-8+/t18?,21?,22?,23?,24-,25+,26-,27-,28+/m0/s1. The molecule has 0 amide bonds. The van der Waals surface area contributed by atoms with E-state index < -0.39 is 17.1 Å². The molecule has 4 unspecified atom stereocenters. The van der Waals surface area contributed by atoms with E-state index in [1.165, 1.54) is 5.57 Å². The molecule has 0 aliphatic heterocycles. The number of hydrogen-bond donors (Lipinski definition) is 3. The minimum Gasteiger partial charge on any atom is -0.396 e. The van der Waals surface area contributed by atoms with Gasteiger partial charge in [0.1, 0.15) is 0 Å². The van der Waals surface area contributed by atoms with E-state index in [1.807, 2.05) is 19.1 Å². The van der Waals surface area contributed by atoms with Crippen molar-refractivity contribution in [3.63, 3.8) is 0 Å². The summed E-state index contributed by atoms with van der Waals surface area (Å²) in [7, 11) is 0. The first-order chi connectivity index (χ1) is 15.0. The second kappa shape index (κ2) is 8.36. The maximum absolute atomic E-state index is 12.1. The highest BCUT2D eigenvalue weighted by Crippen LogP contribution is 2.67. The molecule has 0 saturated heterocycles. The number of ketones is 1. The first kappa shape index (κ1) is 24.2. The largest absolute Gasteiger partial charge is 0.396 e. The molecule has 0 heterocycles. The molecule has 4 rings (SSSR count). The fourth-order valence-corrected chi connectivity index (χ4v) is 8.32. The van der Waals surface area contributed by atoms with Crippen molar-refractivity contribution >= 4 is 5.78 Å². The quantitative estimate of drug-likeness (QED) is 0.538. The lowest BCUT2D eigenvalue weighted by Crippen LogP contribution is -2.56. The van der Waals surface area contributed by atoms with Crippen molar-refractivity contribution in [2.24, 2.45) is 46.3 Å². The minimum atomic E-state index is -1.16. The van der Waals surface area contributed by atoms with Crippen LogP contribution in [0.1, 0.15) is 79.6 Å². The van der Waals surface area contributed by atoms with Gasteiger partial charge in [-0.2, -0.15) is 0 Å². The molecule has 3 saturated carbocycles. The van der Waals surface area contributed by atoms with Crippen LogP contribution in [0.2, 0.25) is 0 Å². The number of rotatable bonds is 5. The Labute approximate surface area is 194 Å². The lowest BCUT2D eigenvalue weighted by molar-refractivity contribution is -0.132. The van der Waals surface area contributed by atoms with Crippen molar-refractivity contribution in [2.45, 2.75) is 91.3 Å². The van der Waals surface area contributed by atoms with E-state index in [0.29, 0.717) is 36.5 Å². The lowest BCUT2D eigenvalue weighted by Gasteiger charge is -2.59. The third-order valence-electron chi connectivity index (χ3n) is 10.4. The molecule has 3 fully saturated rings. The Hall–Kier alpha value is -0.970. The third-order valence-corrected chi connectivity index (χ3v) is 10.4. The zero-order chi connectivity index (χ0) is 23.5. The van der Waals surface area contributed by atoms with Crippen molar-refractivity contribution in [2.75, 3.05) is 6.61 Å². The second-order valence-electron chi connectivity index (χ2n) is 12.4. The number of carbonyl (C=O) groups is 1. The molecule has 0 spiro atoms. The summed E-state index contributed by atoms with van der Waals surface area (Å²) in [6, 6.07) is 0. The van der Waals surface area contributed by atoms with Crippen LogP contribution in [0.15, 0.2) is 23.8 Å². The summed E-state index contributed by atoms with van der Waals surface area (Å²) in [6.45, 7) is 10.7. The van der Waals surface area contributed by atoms with Crippen LogP contribution in [0.4, 0.5) is 0 Å². The van der Waals surface area contributed by atoms with Gasteiger partial charge < -0.3 is 15.3 Å². The van der Waals surface area contributed by atoms with Crippen LogP contribution in [-0.4, -0.2) is 39.4 Å². The van der Waals surface area contributed by atoms with E-state index in [4.69, 9.17) is 0 Å². The monoisotopic (exact) mass is 444 g/mol. The van der Waals surface area contributed by atoms with E-state index >= 15 is 0 Å². The Morgan fingerprint density at radius 1 is 1.19 bits per heavy atom. The minimum absolute atomic E-state index is 0.0181. The van der Waals surface area contributed by atoms with Crippen molar-refractivity contribution in [3.05, 3.63) is 23.8 Å². The van der Waals surface area contributed by atoms with E-state index in [0.717, 1.165) is 32.1 Å². The van der Waals surface area contributed by atoms with Gasteiger partial charge in [0.15, 0.2) is 5.78 Å². The predicted molar refractivity (Wildman–Crippen MR) is 127 cm³/mol. The third kappa shape index (κ3) is 3.65. The van der Waals surface area contributed by atoms with E-state index in [1.54, 1.807) is 0 Å². The fraction of sp³-hybridized carbons (Fsp3) is 0.821. The van der Waals surface area contributed by atoms with Crippen LogP contribution in [-0.2, 0) is 4.79 Å². The Morgan fingerprint density at radius 3 is 2.56 bits per heavy atom. The van der Waals surface area contributed by atoms with Gasteiger partial charge in [0, 0.05) is 24.4 Å². The van der Waals surface area contributed by atoms with Gasteiger partial charge in [-0.25, -0.2) is 0 Å². The van der Waals surface area contributed by atoms with Gasteiger partial charge in [-0.05, 0) is 86.5 Å². The molecule has 0 aromatic heterocycles. The topological polar surface area (TPSA) is 77.8 Å². The van der Waals surface area contributed by atoms with Crippen LogP contribution in [0.3, 0.4) is 0 Å². The van der Waals surface area contributed by atoms with E-state index in [-0.39, 0.29) is 29.6 Å². The maximum Gasteiger partial charge on any atom is 0.155 e. The molecule has 4 aliphatic rings. The summed E-state index contributed by atoms with van der Waals surface area (Å²) >= 11 is 0. The van der Waals surface area contributed by atoms with Gasteiger partial charge in [-0.3, -0.25) is 4.79 Å². The Morgan fingerprint density at radius 2 is 1.91 bits per heavy atom. The average Bonchev–Trinajstić information content (AvgIpc) is 3.05. The summed E-state index contributed by atoms with van der Waals surface area (Å²) < 4.78 is 0. The maximum atomic E-state index is 12.1. The number of carbonyl (C=O) groups excluding carboxylic acids is 1. The van der Waals surface area contributed by atoms with Crippen molar-refractivity contribution < 1.29 is 20.1 Å². The first-order valence-electron chi connectivity index (χ1n) is 12.9. The summed E-state index contributed by atoms with van der Waals surface area (Å²) in [6.07, 6.45) is 11.3. The van der Waals surface area contributed by atoms with Gasteiger partial charge >= 0.3 is 0 Å². The number of allylic oxidation sites excluding steroid dienone is 2. The zero-order valence-corrected chi connectivity index (χ0v) is 20.7. The van der Waals surface area contributed by atoms with Gasteiger partial charge in [0.2, 0.25) is 0 Å². The smallest absolute Gasteiger partial charge is 0.155 e. The SMILES string of the molecule is CC(C)C(C)/C=C/[C@](C)(O)[C@H]1[C@@H](O)CC2C3CCC4=CC(=O)CC[C@]4(C)C3CC[C@@]21CO. The summed E-state index contributed by atoms with van der Waals surface area (Å²) in [5.74, 6) is 1.87. The van der Waals surface area contributed by atoms with Crippen molar-refractivity contribution in [1.29, 1.82) is 0 Å². The molecule has 180 valence electrons. The van der Waals surface area contributed by atoms with Crippen LogP contribution < -0.4 is 0 Å². The van der Waals surface area contributed by atoms with Gasteiger partial charge in [-0.1, -0.05) is 45.4 Å². The Kier molecular flexibility index (Phi) is 6.31. The molecule has 0 radical (unpaired) electrons. The summed E-state index contributed by atoms with van der Waals surface area (Å²) in [4.78, 5) is 12.1. The molecule has 0 aromatic rings. The zero-order valence-electron chi connectivity index (χ0n) is 20.7. The van der Waals surface area contributed by atoms with Gasteiger partial charge in [-0.15, -0.1) is 0 Å². The molecule has 4 aliphatic carbocycles. The highest BCUT2D eigenvalue weighted by Gasteiger charge is 2.65. The normalized spacial score (nSPS) is 44.6. The van der Waals surface area contributed by atoms with Crippen molar-refractivity contribution in [3.8, 4) is 0 Å². The average molecular weight is 445 g/mol. The van der Waals surface area contributed by atoms with Gasteiger partial charge in [0.05, 0.1) is 11.7 Å². The number of hydrogen-bond acceptors (Lipinski definition) is 4. The molecule has 32 heavy (non-hydrogen) atoms. The van der Waals surface area contributed by atoms with Crippen LogP contribution in [0.5, 0.6) is 0 Å². The molecule has 3 N–H and O–H groups in total. The molecule has 4 heteroatoms. The lowest BCUT2D eigenvalue weighted by atomic mass is 9.46. The number of aliphatic hydroxyl groups is 3. The highest BCUT2D eigenvalue weighted by atomic mass is 16.3. The molecule has 4 nitrogen and oxygen atoms in total.